The van der Waals surface area contributed by atoms with E-state index in [2.05, 4.69) is 15.3 Å². The molecule has 0 atom stereocenters. The Hall–Kier alpha value is -1.84. The minimum atomic E-state index is 0.144. The van der Waals surface area contributed by atoms with Gasteiger partial charge in [-0.2, -0.15) is 0 Å². The number of carbonyl (C=O) groups excluding carboxylic acids is 1. The Morgan fingerprint density at radius 2 is 2.31 bits per heavy atom. The number of nitrogens with zero attached hydrogens (tertiary/aromatic N) is 1. The normalized spacial score (nSPS) is 16.0. The number of H-pyrrole nitrogens is 1. The van der Waals surface area contributed by atoms with Crippen LogP contribution < -0.4 is 5.32 Å². The highest BCUT2D eigenvalue weighted by molar-refractivity contribution is 5.94. The van der Waals surface area contributed by atoms with Gasteiger partial charge in [-0.1, -0.05) is 6.42 Å². The number of hydrogen-bond donors (Lipinski definition) is 2. The molecule has 82 valence electrons. The lowest BCUT2D eigenvalue weighted by Crippen LogP contribution is -2.27. The molecule has 0 bridgehead atoms. The minimum Gasteiger partial charge on any atom is -0.345 e. The van der Waals surface area contributed by atoms with Crippen LogP contribution in [0.15, 0.2) is 24.5 Å². The molecule has 3 rings (SSSR count). The van der Waals surface area contributed by atoms with E-state index in [9.17, 15) is 4.79 Å². The molecule has 0 radical (unpaired) electrons. The topological polar surface area (TPSA) is 57.8 Å². The molecule has 0 spiro atoms. The molecule has 1 heterocycles. The molecule has 4 heteroatoms. The van der Waals surface area contributed by atoms with Gasteiger partial charge in [0.05, 0.1) is 17.4 Å². The van der Waals surface area contributed by atoms with Crippen molar-refractivity contribution >= 4 is 22.6 Å². The summed E-state index contributed by atoms with van der Waals surface area (Å²) in [6.07, 6.45) is 4.89. The summed E-state index contributed by atoms with van der Waals surface area (Å²) < 4.78 is 0. The van der Waals surface area contributed by atoms with E-state index >= 15 is 0 Å². The highest BCUT2D eigenvalue weighted by Crippen LogP contribution is 2.27. The van der Waals surface area contributed by atoms with E-state index in [1.807, 2.05) is 18.2 Å². The Balaban J connectivity index is 1.80. The van der Waals surface area contributed by atoms with Crippen molar-refractivity contribution < 1.29 is 4.79 Å². The van der Waals surface area contributed by atoms with Gasteiger partial charge < -0.3 is 10.3 Å². The highest BCUT2D eigenvalue weighted by atomic mass is 16.1. The number of aromatic amines is 1. The summed E-state index contributed by atoms with van der Waals surface area (Å²) in [5.41, 5.74) is 2.71. The second-order valence-electron chi connectivity index (χ2n) is 4.25. The van der Waals surface area contributed by atoms with Crippen LogP contribution >= 0.6 is 0 Å². The summed E-state index contributed by atoms with van der Waals surface area (Å²) in [6.45, 7) is 0. The Morgan fingerprint density at radius 1 is 1.44 bits per heavy atom. The van der Waals surface area contributed by atoms with Crippen LogP contribution in [0.5, 0.6) is 0 Å². The predicted molar refractivity (Wildman–Crippen MR) is 62.1 cm³/mol. The van der Waals surface area contributed by atoms with Crippen LogP contribution in [0.25, 0.3) is 11.0 Å². The Labute approximate surface area is 93.1 Å². The Bertz CT molecular complexity index is 528. The second kappa shape index (κ2) is 3.63. The summed E-state index contributed by atoms with van der Waals surface area (Å²) in [5, 5.41) is 2.94. The standard InChI is InChI=1S/C12H13N3O/c16-12(8-2-1-3-8)15-9-4-5-10-11(6-9)14-7-13-10/h4-8H,1-3H2,(H,13,14)(H,15,16). The first kappa shape index (κ1) is 9.39. The fourth-order valence-corrected chi connectivity index (χ4v) is 1.93. The van der Waals surface area contributed by atoms with Gasteiger partial charge in [0.1, 0.15) is 0 Å². The molecule has 1 fully saturated rings. The number of aromatic nitrogens is 2. The van der Waals surface area contributed by atoms with Crippen LogP contribution in [-0.2, 0) is 4.79 Å². The molecule has 1 amide bonds. The zero-order chi connectivity index (χ0) is 11.0. The highest BCUT2D eigenvalue weighted by Gasteiger charge is 2.25. The zero-order valence-electron chi connectivity index (χ0n) is 8.86. The quantitative estimate of drug-likeness (QED) is 0.807. The van der Waals surface area contributed by atoms with Crippen LogP contribution in [0.2, 0.25) is 0 Å². The van der Waals surface area contributed by atoms with Gasteiger partial charge in [-0.25, -0.2) is 4.98 Å². The second-order valence-corrected chi connectivity index (χ2v) is 4.25. The molecule has 4 nitrogen and oxygen atoms in total. The van der Waals surface area contributed by atoms with Crippen molar-refractivity contribution in [1.82, 2.24) is 9.97 Å². The molecule has 0 unspecified atom stereocenters. The molecule has 2 aromatic rings. The molecule has 1 aliphatic rings. The largest absolute Gasteiger partial charge is 0.345 e. The van der Waals surface area contributed by atoms with E-state index in [0.29, 0.717) is 0 Å². The lowest BCUT2D eigenvalue weighted by molar-refractivity contribution is -0.122. The summed E-state index contributed by atoms with van der Waals surface area (Å²) in [7, 11) is 0. The van der Waals surface area contributed by atoms with Gasteiger partial charge in [-0.05, 0) is 31.0 Å². The number of anilines is 1. The maximum atomic E-state index is 11.7. The molecule has 0 aliphatic heterocycles. The van der Waals surface area contributed by atoms with Crippen molar-refractivity contribution in [3.05, 3.63) is 24.5 Å². The molecule has 0 saturated heterocycles. The number of amides is 1. The van der Waals surface area contributed by atoms with E-state index in [0.717, 1.165) is 29.6 Å². The van der Waals surface area contributed by atoms with Crippen LogP contribution in [-0.4, -0.2) is 15.9 Å². The van der Waals surface area contributed by atoms with Crippen molar-refractivity contribution in [1.29, 1.82) is 0 Å². The van der Waals surface area contributed by atoms with E-state index in [4.69, 9.17) is 0 Å². The van der Waals surface area contributed by atoms with Crippen molar-refractivity contribution in [2.45, 2.75) is 19.3 Å². The fraction of sp³-hybridized carbons (Fsp3) is 0.333. The third kappa shape index (κ3) is 1.56. The van der Waals surface area contributed by atoms with Crippen molar-refractivity contribution in [3.63, 3.8) is 0 Å². The summed E-state index contributed by atoms with van der Waals surface area (Å²) in [4.78, 5) is 18.9. The molecule has 1 aromatic carbocycles. The molecular formula is C12H13N3O. The molecule has 16 heavy (non-hydrogen) atoms. The van der Waals surface area contributed by atoms with Gasteiger partial charge in [0.25, 0.3) is 0 Å². The third-order valence-electron chi connectivity index (χ3n) is 3.16. The first-order valence-corrected chi connectivity index (χ1v) is 5.57. The van der Waals surface area contributed by atoms with Crippen molar-refractivity contribution in [3.8, 4) is 0 Å². The van der Waals surface area contributed by atoms with E-state index in [-0.39, 0.29) is 11.8 Å². The Morgan fingerprint density at radius 3 is 3.06 bits per heavy atom. The molecule has 1 aliphatic carbocycles. The van der Waals surface area contributed by atoms with Crippen LogP contribution in [0.1, 0.15) is 19.3 Å². The number of carbonyl (C=O) groups is 1. The van der Waals surface area contributed by atoms with Gasteiger partial charge in [0.2, 0.25) is 5.91 Å². The van der Waals surface area contributed by atoms with Crippen molar-refractivity contribution in [2.24, 2.45) is 5.92 Å². The first-order valence-electron chi connectivity index (χ1n) is 5.57. The van der Waals surface area contributed by atoms with E-state index in [1.54, 1.807) is 6.33 Å². The van der Waals surface area contributed by atoms with Gasteiger partial charge in [-0.15, -0.1) is 0 Å². The number of nitrogens with one attached hydrogen (secondary N) is 2. The summed E-state index contributed by atoms with van der Waals surface area (Å²) >= 11 is 0. The monoisotopic (exact) mass is 215 g/mol. The number of hydrogen-bond acceptors (Lipinski definition) is 2. The van der Waals surface area contributed by atoms with Crippen LogP contribution in [0, 0.1) is 5.92 Å². The minimum absolute atomic E-state index is 0.144. The van der Waals surface area contributed by atoms with E-state index < -0.39 is 0 Å². The average Bonchev–Trinajstić information content (AvgIpc) is 2.61. The third-order valence-corrected chi connectivity index (χ3v) is 3.16. The van der Waals surface area contributed by atoms with Crippen molar-refractivity contribution in [2.75, 3.05) is 5.32 Å². The van der Waals surface area contributed by atoms with Gasteiger partial charge in [-0.3, -0.25) is 4.79 Å². The lowest BCUT2D eigenvalue weighted by Gasteiger charge is -2.23. The summed E-state index contributed by atoms with van der Waals surface area (Å²) in [5.74, 6) is 0.363. The SMILES string of the molecule is O=C(Nc1ccc2nc[nH]c2c1)C1CCC1. The van der Waals surface area contributed by atoms with Gasteiger partial charge >= 0.3 is 0 Å². The molecule has 2 N–H and O–H groups in total. The number of imidazole rings is 1. The number of benzene rings is 1. The molecular weight excluding hydrogens is 202 g/mol. The predicted octanol–water partition coefficient (Wildman–Crippen LogP) is 2.30. The maximum Gasteiger partial charge on any atom is 0.227 e. The van der Waals surface area contributed by atoms with Gasteiger partial charge in [0, 0.05) is 11.6 Å². The molecule has 1 aromatic heterocycles. The average molecular weight is 215 g/mol. The number of fused-ring (bicyclic) bond motifs is 1. The zero-order valence-corrected chi connectivity index (χ0v) is 8.86. The fourth-order valence-electron chi connectivity index (χ4n) is 1.93. The number of rotatable bonds is 2. The van der Waals surface area contributed by atoms with Crippen LogP contribution in [0.4, 0.5) is 5.69 Å². The van der Waals surface area contributed by atoms with Gasteiger partial charge in [0.15, 0.2) is 0 Å². The smallest absolute Gasteiger partial charge is 0.227 e. The lowest BCUT2D eigenvalue weighted by atomic mass is 9.85. The van der Waals surface area contributed by atoms with E-state index in [1.165, 1.54) is 6.42 Å². The molecule has 1 saturated carbocycles. The Kier molecular flexibility index (Phi) is 2.13. The van der Waals surface area contributed by atoms with Crippen LogP contribution in [0.3, 0.4) is 0 Å². The first-order chi connectivity index (χ1) is 7.83. The maximum absolute atomic E-state index is 11.7. The summed E-state index contributed by atoms with van der Waals surface area (Å²) in [6, 6.07) is 5.71.